The Balaban J connectivity index is 2.54. The van der Waals surface area contributed by atoms with E-state index in [4.69, 9.17) is 10.8 Å². The summed E-state index contributed by atoms with van der Waals surface area (Å²) in [5.74, 6) is -2.98. The van der Waals surface area contributed by atoms with Gasteiger partial charge in [-0.05, 0) is 6.07 Å². The maximum atomic E-state index is 12.5. The summed E-state index contributed by atoms with van der Waals surface area (Å²) in [6, 6.07) is 1.44. The van der Waals surface area contributed by atoms with Gasteiger partial charge >= 0.3 is 0 Å². The molecule has 5 nitrogen and oxygen atoms in total. The van der Waals surface area contributed by atoms with Gasteiger partial charge in [0.05, 0.1) is 6.54 Å². The Morgan fingerprint density at radius 1 is 1.57 bits per heavy atom. The number of anilines is 2. The van der Waals surface area contributed by atoms with Crippen molar-refractivity contribution >= 4 is 11.8 Å². The van der Waals surface area contributed by atoms with Crippen LogP contribution in [0.2, 0.25) is 0 Å². The monoisotopic (exact) mass is 204 g/mol. The number of nitrogens with zero attached hydrogens (tertiary/aromatic N) is 2. The van der Waals surface area contributed by atoms with E-state index < -0.39 is 19.1 Å². The molecule has 0 aromatic carbocycles. The van der Waals surface area contributed by atoms with Crippen LogP contribution in [0.15, 0.2) is 12.3 Å². The standard InChI is InChI=1S/C7H10F2N4O/c8-7(9,4-14)3-12-6-11-2-1-5(10)13-6/h1-2,14H,3-4H2,(H3,10,11,12,13). The Morgan fingerprint density at radius 2 is 2.29 bits per heavy atom. The first-order chi connectivity index (χ1) is 6.53. The van der Waals surface area contributed by atoms with E-state index in [1.54, 1.807) is 0 Å². The van der Waals surface area contributed by atoms with Crippen LogP contribution in [-0.4, -0.2) is 34.1 Å². The molecule has 78 valence electrons. The number of hydrogen-bond acceptors (Lipinski definition) is 5. The molecule has 0 aliphatic heterocycles. The van der Waals surface area contributed by atoms with E-state index >= 15 is 0 Å². The number of aromatic nitrogens is 2. The first-order valence-electron chi connectivity index (χ1n) is 3.84. The molecule has 14 heavy (non-hydrogen) atoms. The van der Waals surface area contributed by atoms with Gasteiger partial charge in [0.15, 0.2) is 0 Å². The van der Waals surface area contributed by atoms with Crippen LogP contribution < -0.4 is 11.1 Å². The Labute approximate surface area is 79.0 Å². The topological polar surface area (TPSA) is 84.1 Å². The second-order valence-corrected chi connectivity index (χ2v) is 2.67. The summed E-state index contributed by atoms with van der Waals surface area (Å²) in [4.78, 5) is 7.31. The molecule has 0 aliphatic carbocycles. The zero-order valence-corrected chi connectivity index (χ0v) is 7.24. The molecule has 1 rings (SSSR count). The molecule has 1 aromatic heterocycles. The summed E-state index contributed by atoms with van der Waals surface area (Å²) in [7, 11) is 0. The third kappa shape index (κ3) is 3.09. The Hall–Kier alpha value is -1.50. The summed E-state index contributed by atoms with van der Waals surface area (Å²) in [5, 5.41) is 10.5. The summed E-state index contributed by atoms with van der Waals surface area (Å²) < 4.78 is 25.1. The second kappa shape index (κ2) is 4.14. The van der Waals surface area contributed by atoms with Crippen LogP contribution in [-0.2, 0) is 0 Å². The number of halogens is 2. The van der Waals surface area contributed by atoms with E-state index in [0.717, 1.165) is 0 Å². The second-order valence-electron chi connectivity index (χ2n) is 2.67. The number of nitrogens with one attached hydrogen (secondary N) is 1. The van der Waals surface area contributed by atoms with Crippen LogP contribution in [0.5, 0.6) is 0 Å². The van der Waals surface area contributed by atoms with E-state index in [-0.39, 0.29) is 11.8 Å². The molecule has 1 aromatic rings. The molecule has 0 bridgehead atoms. The highest BCUT2D eigenvalue weighted by molar-refractivity contribution is 5.35. The number of nitrogen functional groups attached to an aromatic ring is 1. The average Bonchev–Trinajstić information content (AvgIpc) is 2.15. The Kier molecular flexibility index (Phi) is 3.13. The highest BCUT2D eigenvalue weighted by atomic mass is 19.3. The van der Waals surface area contributed by atoms with E-state index in [1.807, 2.05) is 0 Å². The van der Waals surface area contributed by atoms with E-state index in [9.17, 15) is 8.78 Å². The third-order valence-electron chi connectivity index (χ3n) is 1.41. The molecule has 0 spiro atoms. The highest BCUT2D eigenvalue weighted by Gasteiger charge is 2.27. The molecular formula is C7H10F2N4O. The Bertz CT molecular complexity index is 307. The lowest BCUT2D eigenvalue weighted by atomic mass is 10.3. The number of hydrogen-bond donors (Lipinski definition) is 3. The smallest absolute Gasteiger partial charge is 0.287 e. The summed E-state index contributed by atoms with van der Waals surface area (Å²) in [6.07, 6.45) is 1.35. The molecule has 0 radical (unpaired) electrons. The predicted octanol–water partition coefficient (Wildman–Crippen LogP) is 0.0983. The molecule has 0 unspecified atom stereocenters. The zero-order valence-electron chi connectivity index (χ0n) is 7.24. The molecule has 0 fully saturated rings. The van der Waals surface area contributed by atoms with E-state index in [1.165, 1.54) is 12.3 Å². The molecule has 7 heteroatoms. The predicted molar refractivity (Wildman–Crippen MR) is 47.0 cm³/mol. The van der Waals surface area contributed by atoms with Crippen molar-refractivity contribution in [2.75, 3.05) is 24.2 Å². The SMILES string of the molecule is Nc1ccnc(NCC(F)(F)CO)n1. The lowest BCUT2D eigenvalue weighted by Gasteiger charge is -2.13. The zero-order chi connectivity index (χ0) is 10.6. The summed E-state index contributed by atoms with van der Waals surface area (Å²) in [5.41, 5.74) is 5.30. The van der Waals surface area contributed by atoms with Gasteiger partial charge in [-0.15, -0.1) is 0 Å². The van der Waals surface area contributed by atoms with Crippen LogP contribution in [0.25, 0.3) is 0 Å². The number of rotatable bonds is 4. The maximum Gasteiger partial charge on any atom is 0.287 e. The minimum atomic E-state index is -3.19. The fraction of sp³-hybridized carbons (Fsp3) is 0.429. The van der Waals surface area contributed by atoms with Gasteiger partial charge in [0.25, 0.3) is 5.92 Å². The van der Waals surface area contributed by atoms with Crippen LogP contribution in [0.1, 0.15) is 0 Å². The summed E-state index contributed by atoms with van der Waals surface area (Å²) >= 11 is 0. The van der Waals surface area contributed by atoms with Gasteiger partial charge in [-0.3, -0.25) is 0 Å². The van der Waals surface area contributed by atoms with Crippen LogP contribution >= 0.6 is 0 Å². The van der Waals surface area contributed by atoms with Gasteiger partial charge in [-0.25, -0.2) is 13.8 Å². The van der Waals surface area contributed by atoms with Crippen molar-refractivity contribution in [2.24, 2.45) is 0 Å². The van der Waals surface area contributed by atoms with Crippen LogP contribution in [0, 0.1) is 0 Å². The quantitative estimate of drug-likeness (QED) is 0.647. The van der Waals surface area contributed by atoms with Gasteiger partial charge in [-0.1, -0.05) is 0 Å². The number of aliphatic hydroxyl groups is 1. The largest absolute Gasteiger partial charge is 0.390 e. The van der Waals surface area contributed by atoms with Crippen molar-refractivity contribution in [2.45, 2.75) is 5.92 Å². The Morgan fingerprint density at radius 3 is 2.86 bits per heavy atom. The van der Waals surface area contributed by atoms with Gasteiger partial charge in [0.1, 0.15) is 12.4 Å². The minimum Gasteiger partial charge on any atom is -0.390 e. The molecular weight excluding hydrogens is 194 g/mol. The number of nitrogens with two attached hydrogens (primary N) is 1. The lowest BCUT2D eigenvalue weighted by Crippen LogP contribution is -2.31. The van der Waals surface area contributed by atoms with Crippen LogP contribution in [0.3, 0.4) is 0 Å². The highest BCUT2D eigenvalue weighted by Crippen LogP contribution is 2.12. The van der Waals surface area contributed by atoms with Crippen molar-refractivity contribution in [1.29, 1.82) is 0 Å². The van der Waals surface area contributed by atoms with Crippen LogP contribution in [0.4, 0.5) is 20.5 Å². The molecule has 0 saturated heterocycles. The van der Waals surface area contributed by atoms with Crippen molar-refractivity contribution in [3.63, 3.8) is 0 Å². The fourth-order valence-corrected chi connectivity index (χ4v) is 0.722. The summed E-state index contributed by atoms with van der Waals surface area (Å²) in [6.45, 7) is -1.95. The van der Waals surface area contributed by atoms with Crippen molar-refractivity contribution in [3.05, 3.63) is 12.3 Å². The molecule has 0 saturated carbocycles. The molecule has 0 amide bonds. The third-order valence-corrected chi connectivity index (χ3v) is 1.41. The number of aliphatic hydroxyl groups excluding tert-OH is 1. The number of alkyl halides is 2. The first kappa shape index (κ1) is 10.6. The molecule has 1 heterocycles. The van der Waals surface area contributed by atoms with Gasteiger partial charge in [0, 0.05) is 6.20 Å². The minimum absolute atomic E-state index is 0.0122. The van der Waals surface area contributed by atoms with Crippen molar-refractivity contribution in [1.82, 2.24) is 9.97 Å². The van der Waals surface area contributed by atoms with Gasteiger partial charge in [0.2, 0.25) is 5.95 Å². The van der Waals surface area contributed by atoms with E-state index in [2.05, 4.69) is 15.3 Å². The normalized spacial score (nSPS) is 11.4. The van der Waals surface area contributed by atoms with Gasteiger partial charge < -0.3 is 16.2 Å². The first-order valence-corrected chi connectivity index (χ1v) is 3.84. The maximum absolute atomic E-state index is 12.5. The van der Waals surface area contributed by atoms with Gasteiger partial charge in [-0.2, -0.15) is 4.98 Å². The fourth-order valence-electron chi connectivity index (χ4n) is 0.722. The average molecular weight is 204 g/mol. The van der Waals surface area contributed by atoms with E-state index in [0.29, 0.717) is 0 Å². The lowest BCUT2D eigenvalue weighted by molar-refractivity contribution is -0.0374. The molecule has 4 N–H and O–H groups in total. The molecule has 0 aliphatic rings. The van der Waals surface area contributed by atoms with Crippen molar-refractivity contribution < 1.29 is 13.9 Å². The van der Waals surface area contributed by atoms with Crippen molar-refractivity contribution in [3.8, 4) is 0 Å². The molecule has 0 atom stereocenters.